The first-order valence-corrected chi connectivity index (χ1v) is 6.93. The molecule has 1 atom stereocenters. The van der Waals surface area contributed by atoms with Crippen molar-refractivity contribution in [2.75, 3.05) is 6.61 Å². The Labute approximate surface area is 113 Å². The van der Waals surface area contributed by atoms with Gasteiger partial charge in [0, 0.05) is 10.3 Å². The average molecular weight is 285 g/mol. The van der Waals surface area contributed by atoms with Crippen LogP contribution in [0, 0.1) is 0 Å². The number of aromatic nitrogens is 2. The summed E-state index contributed by atoms with van der Waals surface area (Å²) in [5.41, 5.74) is 0.449. The topological polar surface area (TPSA) is 66.0 Å². The number of halogens is 1. The lowest BCUT2D eigenvalue weighted by Crippen LogP contribution is -2.12. The van der Waals surface area contributed by atoms with Gasteiger partial charge < -0.3 is 10.1 Å². The lowest BCUT2D eigenvalue weighted by Gasteiger charge is -2.07. The standard InChI is InChI=1S/C12H13ClN2O2S/c1-7(5-16)18-6-11-14-10-3-2-8(13)4-9(10)12(17)15-11/h2-4,7,16H,5-6H2,1H3,(H,14,15,17). The van der Waals surface area contributed by atoms with Crippen LogP contribution in [0.2, 0.25) is 5.02 Å². The van der Waals surface area contributed by atoms with E-state index in [9.17, 15) is 4.79 Å². The molecule has 2 rings (SSSR count). The number of nitrogens with zero attached hydrogens (tertiary/aromatic N) is 1. The first-order chi connectivity index (χ1) is 8.60. The third-order valence-electron chi connectivity index (χ3n) is 2.48. The molecule has 0 aliphatic heterocycles. The fourth-order valence-corrected chi connectivity index (χ4v) is 2.36. The number of H-pyrrole nitrogens is 1. The molecule has 0 saturated heterocycles. The molecule has 0 amide bonds. The first kappa shape index (κ1) is 13.4. The Kier molecular flexibility index (Phi) is 4.27. The van der Waals surface area contributed by atoms with Crippen molar-refractivity contribution < 1.29 is 5.11 Å². The first-order valence-electron chi connectivity index (χ1n) is 5.51. The molecule has 1 aromatic heterocycles. The molecule has 0 saturated carbocycles. The molecule has 1 aromatic carbocycles. The normalized spacial score (nSPS) is 12.8. The van der Waals surface area contributed by atoms with Gasteiger partial charge in [0.2, 0.25) is 0 Å². The quantitative estimate of drug-likeness (QED) is 0.903. The molecule has 0 fully saturated rings. The van der Waals surface area contributed by atoms with Gasteiger partial charge in [0.1, 0.15) is 5.82 Å². The lowest BCUT2D eigenvalue weighted by atomic mass is 10.2. The maximum atomic E-state index is 11.9. The number of aliphatic hydroxyl groups excluding tert-OH is 1. The Bertz CT molecular complexity index is 615. The van der Waals surface area contributed by atoms with E-state index in [0.29, 0.717) is 27.5 Å². The van der Waals surface area contributed by atoms with Crippen molar-refractivity contribution in [3.8, 4) is 0 Å². The highest BCUT2D eigenvalue weighted by Gasteiger charge is 2.06. The van der Waals surface area contributed by atoms with Gasteiger partial charge in [-0.15, -0.1) is 11.8 Å². The Balaban J connectivity index is 2.32. The number of hydrogen-bond donors (Lipinski definition) is 2. The third kappa shape index (κ3) is 3.04. The minimum atomic E-state index is -0.185. The Hall–Kier alpha value is -1.04. The molecule has 96 valence electrons. The maximum Gasteiger partial charge on any atom is 0.258 e. The van der Waals surface area contributed by atoms with E-state index in [0.717, 1.165) is 0 Å². The number of aliphatic hydroxyl groups is 1. The molecule has 2 N–H and O–H groups in total. The largest absolute Gasteiger partial charge is 0.395 e. The van der Waals surface area contributed by atoms with Crippen molar-refractivity contribution in [3.05, 3.63) is 39.4 Å². The van der Waals surface area contributed by atoms with Gasteiger partial charge in [-0.25, -0.2) is 4.98 Å². The second kappa shape index (κ2) is 5.73. The summed E-state index contributed by atoms with van der Waals surface area (Å²) in [5.74, 6) is 1.18. The molecule has 0 aliphatic carbocycles. The van der Waals surface area contributed by atoms with Crippen LogP contribution in [0.3, 0.4) is 0 Å². The van der Waals surface area contributed by atoms with Gasteiger partial charge >= 0.3 is 0 Å². The molecule has 0 spiro atoms. The molecule has 6 heteroatoms. The predicted octanol–water partition coefficient (Wildman–Crippen LogP) is 2.19. The van der Waals surface area contributed by atoms with Gasteiger partial charge in [0.15, 0.2) is 0 Å². The highest BCUT2D eigenvalue weighted by Crippen LogP contribution is 2.17. The van der Waals surface area contributed by atoms with E-state index in [2.05, 4.69) is 9.97 Å². The van der Waals surface area contributed by atoms with Gasteiger partial charge in [0.05, 0.1) is 23.3 Å². The zero-order chi connectivity index (χ0) is 13.1. The summed E-state index contributed by atoms with van der Waals surface area (Å²) < 4.78 is 0. The Morgan fingerprint density at radius 3 is 3.06 bits per heavy atom. The lowest BCUT2D eigenvalue weighted by molar-refractivity contribution is 0.300. The number of aromatic amines is 1. The van der Waals surface area contributed by atoms with E-state index < -0.39 is 0 Å². The SMILES string of the molecule is CC(CO)SCc1nc2ccc(Cl)cc2c(=O)[nH]1. The highest BCUT2D eigenvalue weighted by molar-refractivity contribution is 7.99. The van der Waals surface area contributed by atoms with Crippen LogP contribution >= 0.6 is 23.4 Å². The molecule has 0 radical (unpaired) electrons. The van der Waals surface area contributed by atoms with Crippen molar-refractivity contribution in [1.82, 2.24) is 9.97 Å². The van der Waals surface area contributed by atoms with Crippen LogP contribution in [0.4, 0.5) is 0 Å². The summed E-state index contributed by atoms with van der Waals surface area (Å²) in [6, 6.07) is 5.05. The number of hydrogen-bond acceptors (Lipinski definition) is 4. The third-order valence-corrected chi connectivity index (χ3v) is 3.87. The van der Waals surface area contributed by atoms with E-state index in [4.69, 9.17) is 16.7 Å². The van der Waals surface area contributed by atoms with Crippen LogP contribution in [0.15, 0.2) is 23.0 Å². The summed E-state index contributed by atoms with van der Waals surface area (Å²) in [6.07, 6.45) is 0. The van der Waals surface area contributed by atoms with Gasteiger partial charge in [-0.3, -0.25) is 4.79 Å². The molecule has 1 unspecified atom stereocenters. The molecule has 0 bridgehead atoms. The second-order valence-corrected chi connectivity index (χ2v) is 5.84. The minimum absolute atomic E-state index is 0.109. The number of thioether (sulfide) groups is 1. The van der Waals surface area contributed by atoms with E-state index in [1.807, 2.05) is 6.92 Å². The average Bonchev–Trinajstić information content (AvgIpc) is 2.37. The van der Waals surface area contributed by atoms with E-state index in [1.165, 1.54) is 0 Å². The van der Waals surface area contributed by atoms with Crippen molar-refractivity contribution in [1.29, 1.82) is 0 Å². The van der Waals surface area contributed by atoms with Crippen LogP contribution < -0.4 is 5.56 Å². The minimum Gasteiger partial charge on any atom is -0.395 e. The molecule has 4 nitrogen and oxygen atoms in total. The number of rotatable bonds is 4. The maximum absolute atomic E-state index is 11.9. The van der Waals surface area contributed by atoms with Crippen LogP contribution in [0.25, 0.3) is 10.9 Å². The van der Waals surface area contributed by atoms with Crippen molar-refractivity contribution >= 4 is 34.3 Å². The van der Waals surface area contributed by atoms with Crippen molar-refractivity contribution in [2.45, 2.75) is 17.9 Å². The molecular weight excluding hydrogens is 272 g/mol. The summed E-state index contributed by atoms with van der Waals surface area (Å²) >= 11 is 7.38. The predicted molar refractivity (Wildman–Crippen MR) is 75.2 cm³/mol. The molecule has 0 aliphatic rings. The molecular formula is C12H13ClN2O2S. The molecule has 18 heavy (non-hydrogen) atoms. The summed E-state index contributed by atoms with van der Waals surface area (Å²) in [6.45, 7) is 2.03. The number of fused-ring (bicyclic) bond motifs is 1. The fraction of sp³-hybridized carbons (Fsp3) is 0.333. The zero-order valence-corrected chi connectivity index (χ0v) is 11.4. The monoisotopic (exact) mass is 284 g/mol. The van der Waals surface area contributed by atoms with Gasteiger partial charge in [-0.2, -0.15) is 0 Å². The van der Waals surface area contributed by atoms with Crippen molar-refractivity contribution in [2.24, 2.45) is 0 Å². The zero-order valence-electron chi connectivity index (χ0n) is 9.81. The van der Waals surface area contributed by atoms with Gasteiger partial charge in [0.25, 0.3) is 5.56 Å². The number of nitrogens with one attached hydrogen (secondary N) is 1. The highest BCUT2D eigenvalue weighted by atomic mass is 35.5. The number of benzene rings is 1. The summed E-state index contributed by atoms with van der Waals surface area (Å²) in [4.78, 5) is 18.9. The summed E-state index contributed by atoms with van der Waals surface area (Å²) in [7, 11) is 0. The molecule has 2 aromatic rings. The Morgan fingerprint density at radius 1 is 1.56 bits per heavy atom. The van der Waals surface area contributed by atoms with E-state index in [1.54, 1.807) is 30.0 Å². The van der Waals surface area contributed by atoms with E-state index in [-0.39, 0.29) is 17.4 Å². The fourth-order valence-electron chi connectivity index (χ4n) is 1.50. The molecule has 1 heterocycles. The van der Waals surface area contributed by atoms with Gasteiger partial charge in [-0.1, -0.05) is 18.5 Å². The van der Waals surface area contributed by atoms with Crippen LogP contribution in [-0.4, -0.2) is 26.9 Å². The summed E-state index contributed by atoms with van der Waals surface area (Å²) in [5, 5.41) is 10.1. The van der Waals surface area contributed by atoms with Gasteiger partial charge in [-0.05, 0) is 18.2 Å². The van der Waals surface area contributed by atoms with E-state index >= 15 is 0 Å². The van der Waals surface area contributed by atoms with Crippen LogP contribution in [0.1, 0.15) is 12.7 Å². The second-order valence-electron chi connectivity index (χ2n) is 3.98. The Morgan fingerprint density at radius 2 is 2.33 bits per heavy atom. The van der Waals surface area contributed by atoms with Crippen LogP contribution in [0.5, 0.6) is 0 Å². The smallest absolute Gasteiger partial charge is 0.258 e. The van der Waals surface area contributed by atoms with Crippen LogP contribution in [-0.2, 0) is 5.75 Å². The van der Waals surface area contributed by atoms with Crippen molar-refractivity contribution in [3.63, 3.8) is 0 Å².